The van der Waals surface area contributed by atoms with Crippen molar-refractivity contribution in [2.75, 3.05) is 20.1 Å². The van der Waals surface area contributed by atoms with Crippen LogP contribution in [0.1, 0.15) is 24.8 Å². The first-order valence-electron chi connectivity index (χ1n) is 9.43. The third kappa shape index (κ3) is 5.58. The summed E-state index contributed by atoms with van der Waals surface area (Å²) in [5, 5.41) is 0. The molecule has 0 bridgehead atoms. The first-order valence-corrected chi connectivity index (χ1v) is 9.43. The number of aliphatic imine (C=N–C) groups is 2. The number of piperidine rings is 1. The van der Waals surface area contributed by atoms with E-state index in [0.717, 1.165) is 30.0 Å². The molecule has 0 radical (unpaired) electrons. The molecular formula is C20H24F3N5O. The fraction of sp³-hybridized carbons (Fsp3) is 0.450. The predicted octanol–water partition coefficient (Wildman–Crippen LogP) is 3.62. The Labute approximate surface area is 167 Å². The number of hydrogen-bond acceptors (Lipinski definition) is 4. The molecule has 0 aromatic carbocycles. The number of carbonyl (C=O) groups is 1. The van der Waals surface area contributed by atoms with E-state index in [-0.39, 0.29) is 6.04 Å². The van der Waals surface area contributed by atoms with Crippen LogP contribution >= 0.6 is 0 Å². The van der Waals surface area contributed by atoms with Crippen molar-refractivity contribution in [2.45, 2.75) is 37.9 Å². The highest BCUT2D eigenvalue weighted by atomic mass is 19.4. The van der Waals surface area contributed by atoms with Gasteiger partial charge < -0.3 is 14.8 Å². The lowest BCUT2D eigenvalue weighted by Crippen LogP contribution is -2.49. The maximum atomic E-state index is 12.6. The number of likely N-dealkylation sites (tertiary alicyclic amines) is 1. The molecule has 3 rings (SSSR count). The zero-order valence-electron chi connectivity index (χ0n) is 16.2. The number of H-pyrrole nitrogens is 1. The standard InChI is InChI=1S/C20H24F3N5O/c1-14-12-26-19-15(5-7-25-19)10-16(6-8-24-14)28-9-3-4-17(13-28)27(2)18(29)11-20(21,22)23/h5-8,12,17,25H,1,3-4,9-11,13H2,2H3/b16-6+,24-8-,26-12-. The van der Waals surface area contributed by atoms with Crippen LogP contribution < -0.4 is 0 Å². The summed E-state index contributed by atoms with van der Waals surface area (Å²) in [6, 6.07) is 1.67. The largest absolute Gasteiger partial charge is 0.397 e. The monoisotopic (exact) mass is 407 g/mol. The zero-order chi connectivity index (χ0) is 21.0. The number of rotatable bonds is 3. The summed E-state index contributed by atoms with van der Waals surface area (Å²) in [7, 11) is 1.45. The molecule has 1 unspecified atom stereocenters. The molecule has 1 N–H and O–H groups in total. The number of carbonyl (C=O) groups excluding carboxylic acids is 1. The van der Waals surface area contributed by atoms with Crippen LogP contribution in [0.5, 0.6) is 0 Å². The molecular weight excluding hydrogens is 383 g/mol. The van der Waals surface area contributed by atoms with Crippen molar-refractivity contribution in [1.29, 1.82) is 0 Å². The van der Waals surface area contributed by atoms with Gasteiger partial charge in [-0.15, -0.1) is 0 Å². The Morgan fingerprint density at radius 3 is 2.97 bits per heavy atom. The summed E-state index contributed by atoms with van der Waals surface area (Å²) in [6.07, 6.45) is 3.07. The molecule has 1 aromatic rings. The van der Waals surface area contributed by atoms with Crippen molar-refractivity contribution in [3.8, 4) is 0 Å². The van der Waals surface area contributed by atoms with Crippen LogP contribution in [0.4, 0.5) is 19.0 Å². The van der Waals surface area contributed by atoms with Crippen LogP contribution in [-0.4, -0.2) is 65.5 Å². The maximum Gasteiger partial charge on any atom is 0.397 e. The second-order valence-corrected chi connectivity index (χ2v) is 7.25. The number of alkyl halides is 3. The molecule has 0 spiro atoms. The number of halogens is 3. The van der Waals surface area contributed by atoms with Crippen molar-refractivity contribution in [3.05, 3.63) is 41.9 Å². The predicted molar refractivity (Wildman–Crippen MR) is 106 cm³/mol. The van der Waals surface area contributed by atoms with Gasteiger partial charge in [-0.1, -0.05) is 6.58 Å². The van der Waals surface area contributed by atoms with Crippen molar-refractivity contribution in [2.24, 2.45) is 9.98 Å². The Morgan fingerprint density at radius 1 is 1.41 bits per heavy atom. The van der Waals surface area contributed by atoms with Gasteiger partial charge in [0, 0.05) is 56.3 Å². The third-order valence-electron chi connectivity index (χ3n) is 5.13. The Bertz CT molecular complexity index is 853. The third-order valence-corrected chi connectivity index (χ3v) is 5.13. The molecule has 1 fully saturated rings. The zero-order valence-corrected chi connectivity index (χ0v) is 16.2. The topological polar surface area (TPSA) is 64.1 Å². The maximum absolute atomic E-state index is 12.6. The minimum absolute atomic E-state index is 0.273. The molecule has 156 valence electrons. The van der Waals surface area contributed by atoms with Gasteiger partial charge in [-0.25, -0.2) is 4.99 Å². The van der Waals surface area contributed by atoms with Gasteiger partial charge in [-0.05, 0) is 25.0 Å². The van der Waals surface area contributed by atoms with Gasteiger partial charge in [0.05, 0.1) is 11.9 Å². The van der Waals surface area contributed by atoms with Crippen LogP contribution in [0.25, 0.3) is 0 Å². The number of hydrogen-bond donors (Lipinski definition) is 1. The normalized spacial score (nSPS) is 24.3. The quantitative estimate of drug-likeness (QED) is 0.832. The van der Waals surface area contributed by atoms with E-state index in [0.29, 0.717) is 25.1 Å². The van der Waals surface area contributed by atoms with E-state index in [2.05, 4.69) is 26.4 Å². The molecule has 0 saturated carbocycles. The summed E-state index contributed by atoms with van der Waals surface area (Å²) in [5.41, 5.74) is 2.48. The van der Waals surface area contributed by atoms with Crippen molar-refractivity contribution >= 4 is 24.2 Å². The van der Waals surface area contributed by atoms with Crippen molar-refractivity contribution < 1.29 is 18.0 Å². The molecule has 3 heterocycles. The first-order chi connectivity index (χ1) is 13.7. The highest BCUT2D eigenvalue weighted by molar-refractivity contribution is 5.85. The van der Waals surface area contributed by atoms with E-state index in [1.165, 1.54) is 11.9 Å². The van der Waals surface area contributed by atoms with Crippen molar-refractivity contribution in [1.82, 2.24) is 14.8 Å². The fourth-order valence-corrected chi connectivity index (χ4v) is 3.55. The number of likely N-dealkylation sites (N-methyl/N-ethyl adjacent to an activating group) is 1. The minimum atomic E-state index is -4.50. The van der Waals surface area contributed by atoms with Gasteiger partial charge in [-0.3, -0.25) is 9.79 Å². The van der Waals surface area contributed by atoms with E-state index in [1.807, 2.05) is 18.3 Å². The lowest BCUT2D eigenvalue weighted by molar-refractivity contribution is -0.162. The SMILES string of the molecule is C=C1/C=N\c2[nH]ccc2C/C(N2CCCC(N(C)C(=O)CC(F)(F)F)C2)=C\C=N/1. The van der Waals surface area contributed by atoms with Gasteiger partial charge >= 0.3 is 6.18 Å². The van der Waals surface area contributed by atoms with Crippen LogP contribution in [0.2, 0.25) is 0 Å². The molecule has 2 aliphatic rings. The van der Waals surface area contributed by atoms with Crippen LogP contribution in [0.15, 0.2) is 46.3 Å². The van der Waals surface area contributed by atoms with E-state index in [1.54, 1.807) is 12.4 Å². The second-order valence-electron chi connectivity index (χ2n) is 7.25. The minimum Gasteiger partial charge on any atom is -0.372 e. The fourth-order valence-electron chi connectivity index (χ4n) is 3.55. The summed E-state index contributed by atoms with van der Waals surface area (Å²) in [5.74, 6) is -0.176. The molecule has 1 amide bonds. The van der Waals surface area contributed by atoms with E-state index in [9.17, 15) is 18.0 Å². The Balaban J connectivity index is 1.77. The molecule has 9 heteroatoms. The summed E-state index contributed by atoms with van der Waals surface area (Å²) >= 11 is 0. The highest BCUT2D eigenvalue weighted by Gasteiger charge is 2.35. The van der Waals surface area contributed by atoms with Gasteiger partial charge in [0.1, 0.15) is 12.2 Å². The van der Waals surface area contributed by atoms with E-state index < -0.39 is 18.5 Å². The smallest absolute Gasteiger partial charge is 0.372 e. The first kappa shape index (κ1) is 20.9. The number of fused-ring (bicyclic) bond motifs is 1. The average Bonchev–Trinajstić information content (AvgIpc) is 3.11. The summed E-state index contributed by atoms with van der Waals surface area (Å²) in [4.78, 5) is 27.1. The number of nitrogens with zero attached hydrogens (tertiary/aromatic N) is 4. The summed E-state index contributed by atoms with van der Waals surface area (Å²) in [6.45, 7) is 5.07. The van der Waals surface area contributed by atoms with E-state index >= 15 is 0 Å². The number of allylic oxidation sites excluding steroid dienone is 3. The Morgan fingerprint density at radius 2 is 2.21 bits per heavy atom. The number of aromatic nitrogens is 1. The van der Waals surface area contributed by atoms with Gasteiger partial charge in [-0.2, -0.15) is 13.2 Å². The lowest BCUT2D eigenvalue weighted by Gasteiger charge is -2.40. The number of nitrogens with one attached hydrogen (secondary N) is 1. The van der Waals surface area contributed by atoms with Crippen LogP contribution in [0, 0.1) is 0 Å². The molecule has 1 atom stereocenters. The molecule has 2 aliphatic heterocycles. The molecule has 0 aliphatic carbocycles. The van der Waals surface area contributed by atoms with Gasteiger partial charge in [0.25, 0.3) is 0 Å². The lowest BCUT2D eigenvalue weighted by atomic mass is 10.0. The number of aromatic amines is 1. The Hall–Kier alpha value is -2.84. The van der Waals surface area contributed by atoms with E-state index in [4.69, 9.17) is 0 Å². The van der Waals surface area contributed by atoms with Gasteiger partial charge in [0.15, 0.2) is 0 Å². The average molecular weight is 407 g/mol. The van der Waals surface area contributed by atoms with Crippen molar-refractivity contribution in [3.63, 3.8) is 0 Å². The Kier molecular flexibility index (Phi) is 6.24. The molecule has 6 nitrogen and oxygen atoms in total. The molecule has 1 aromatic heterocycles. The van der Waals surface area contributed by atoms with Crippen LogP contribution in [0.3, 0.4) is 0 Å². The molecule has 29 heavy (non-hydrogen) atoms. The summed E-state index contributed by atoms with van der Waals surface area (Å²) < 4.78 is 37.8. The molecule has 1 saturated heterocycles. The number of amides is 1. The van der Waals surface area contributed by atoms with Gasteiger partial charge in [0.2, 0.25) is 5.91 Å². The second kappa shape index (κ2) is 8.67. The highest BCUT2D eigenvalue weighted by Crippen LogP contribution is 2.27. The van der Waals surface area contributed by atoms with Crippen LogP contribution in [-0.2, 0) is 11.2 Å².